The monoisotopic (exact) mass is 249 g/mol. The topological polar surface area (TPSA) is 47.4 Å². The van der Waals surface area contributed by atoms with E-state index in [2.05, 4.69) is 16.9 Å². The molecule has 2 unspecified atom stereocenters. The van der Waals surface area contributed by atoms with E-state index in [4.69, 9.17) is 4.74 Å². The van der Waals surface area contributed by atoms with E-state index in [0.717, 1.165) is 26.1 Å². The number of ketones is 1. The summed E-state index contributed by atoms with van der Waals surface area (Å²) in [6.07, 6.45) is 5.29. The number of carbonyl (C=O) groups excluding carboxylic acids is 1. The van der Waals surface area contributed by atoms with Gasteiger partial charge in [0.15, 0.2) is 5.82 Å². The number of ether oxygens (including phenoxy) is 1. The number of fused-ring (bicyclic) bond motifs is 2. The van der Waals surface area contributed by atoms with E-state index in [-0.39, 0.29) is 11.7 Å². The molecule has 3 heterocycles. The van der Waals surface area contributed by atoms with Gasteiger partial charge >= 0.3 is 0 Å². The Kier molecular flexibility index (Phi) is 2.95. The molecular weight excluding hydrogens is 230 g/mol. The van der Waals surface area contributed by atoms with Crippen LogP contribution in [-0.2, 0) is 11.8 Å². The van der Waals surface area contributed by atoms with E-state index in [0.29, 0.717) is 17.9 Å². The van der Waals surface area contributed by atoms with Gasteiger partial charge in [0.25, 0.3) is 0 Å². The van der Waals surface area contributed by atoms with Crippen molar-refractivity contribution in [1.29, 1.82) is 0 Å². The molecule has 0 aromatic carbocycles. The predicted molar refractivity (Wildman–Crippen MR) is 66.4 cm³/mol. The maximum absolute atomic E-state index is 12.5. The van der Waals surface area contributed by atoms with Crippen LogP contribution in [-0.4, -0.2) is 52.6 Å². The van der Waals surface area contributed by atoms with Crippen molar-refractivity contribution < 1.29 is 9.53 Å². The van der Waals surface area contributed by atoms with Crippen molar-refractivity contribution in [3.63, 3.8) is 0 Å². The van der Waals surface area contributed by atoms with Crippen LogP contribution in [0.3, 0.4) is 0 Å². The second kappa shape index (κ2) is 4.48. The average Bonchev–Trinajstić information content (AvgIpc) is 2.74. The Morgan fingerprint density at radius 1 is 1.33 bits per heavy atom. The van der Waals surface area contributed by atoms with E-state index in [9.17, 15) is 4.79 Å². The van der Waals surface area contributed by atoms with Crippen molar-refractivity contribution >= 4 is 5.78 Å². The third-order valence-corrected chi connectivity index (χ3v) is 4.30. The molecule has 5 nitrogen and oxygen atoms in total. The van der Waals surface area contributed by atoms with Gasteiger partial charge in [-0.05, 0) is 19.9 Å². The van der Waals surface area contributed by atoms with Gasteiger partial charge in [0.05, 0.1) is 13.2 Å². The number of hydrogen-bond acceptors (Lipinski definition) is 4. The zero-order valence-electron chi connectivity index (χ0n) is 10.9. The summed E-state index contributed by atoms with van der Waals surface area (Å²) < 4.78 is 7.39. The van der Waals surface area contributed by atoms with Crippen molar-refractivity contribution in [3.8, 4) is 0 Å². The fourth-order valence-corrected chi connectivity index (χ4v) is 3.09. The van der Waals surface area contributed by atoms with Crippen LogP contribution >= 0.6 is 0 Å². The number of morpholine rings is 1. The van der Waals surface area contributed by atoms with Gasteiger partial charge < -0.3 is 9.30 Å². The van der Waals surface area contributed by atoms with Gasteiger partial charge in [-0.25, -0.2) is 4.98 Å². The molecule has 2 saturated heterocycles. The van der Waals surface area contributed by atoms with Gasteiger partial charge in [0.1, 0.15) is 0 Å². The summed E-state index contributed by atoms with van der Waals surface area (Å²) in [6.45, 7) is 1.49. The maximum Gasteiger partial charge on any atom is 0.201 e. The molecule has 0 radical (unpaired) electrons. The molecule has 98 valence electrons. The average molecular weight is 249 g/mol. The summed E-state index contributed by atoms with van der Waals surface area (Å²) in [5, 5.41) is 0. The number of aryl methyl sites for hydroxylation is 1. The SMILES string of the molecule is CN1C2COCC1CC(C(=O)c1nccn1C)C2. The van der Waals surface area contributed by atoms with Crippen LogP contribution in [0.5, 0.6) is 0 Å². The summed E-state index contributed by atoms with van der Waals surface area (Å²) >= 11 is 0. The molecule has 2 atom stereocenters. The minimum atomic E-state index is 0.0983. The van der Waals surface area contributed by atoms with Gasteiger partial charge in [-0.3, -0.25) is 9.69 Å². The molecule has 0 aliphatic carbocycles. The Morgan fingerprint density at radius 2 is 2.00 bits per heavy atom. The van der Waals surface area contributed by atoms with E-state index < -0.39 is 0 Å². The van der Waals surface area contributed by atoms with Crippen molar-refractivity contribution in [2.75, 3.05) is 20.3 Å². The van der Waals surface area contributed by atoms with Gasteiger partial charge in [-0.1, -0.05) is 0 Å². The molecule has 3 rings (SSSR count). The largest absolute Gasteiger partial charge is 0.378 e. The summed E-state index contributed by atoms with van der Waals surface area (Å²) in [5.74, 6) is 0.872. The summed E-state index contributed by atoms with van der Waals surface area (Å²) in [5.41, 5.74) is 0. The van der Waals surface area contributed by atoms with Gasteiger partial charge in [0, 0.05) is 37.4 Å². The first kappa shape index (κ1) is 11.9. The molecule has 0 amide bonds. The Bertz CT molecular complexity index is 443. The standard InChI is InChI=1S/C13H19N3O2/c1-15-4-3-14-13(15)12(17)9-5-10-7-18-8-11(6-9)16(10)2/h3-4,9-11H,5-8H2,1-2H3. The van der Waals surface area contributed by atoms with Crippen LogP contribution in [0, 0.1) is 5.92 Å². The highest BCUT2D eigenvalue weighted by Crippen LogP contribution is 2.31. The van der Waals surface area contributed by atoms with Gasteiger partial charge in [0.2, 0.25) is 5.78 Å². The number of likely N-dealkylation sites (N-methyl/N-ethyl adjacent to an activating group) is 1. The number of aromatic nitrogens is 2. The lowest BCUT2D eigenvalue weighted by Crippen LogP contribution is -2.55. The summed E-state index contributed by atoms with van der Waals surface area (Å²) in [4.78, 5) is 19.0. The van der Waals surface area contributed by atoms with Crippen LogP contribution in [0.15, 0.2) is 12.4 Å². The molecule has 18 heavy (non-hydrogen) atoms. The van der Waals surface area contributed by atoms with Gasteiger partial charge in [-0.2, -0.15) is 0 Å². The normalized spacial score (nSPS) is 32.4. The van der Waals surface area contributed by atoms with Crippen molar-refractivity contribution in [2.24, 2.45) is 13.0 Å². The van der Waals surface area contributed by atoms with Crippen molar-refractivity contribution in [2.45, 2.75) is 24.9 Å². The van der Waals surface area contributed by atoms with Crippen LogP contribution in [0.4, 0.5) is 0 Å². The quantitative estimate of drug-likeness (QED) is 0.724. The van der Waals surface area contributed by atoms with E-state index in [1.165, 1.54) is 0 Å². The molecule has 2 aliphatic heterocycles. The number of nitrogens with zero attached hydrogens (tertiary/aromatic N) is 3. The van der Waals surface area contributed by atoms with Crippen LogP contribution in [0.2, 0.25) is 0 Å². The molecule has 5 heteroatoms. The molecule has 2 fully saturated rings. The Hall–Kier alpha value is -1.20. The van der Waals surface area contributed by atoms with Gasteiger partial charge in [-0.15, -0.1) is 0 Å². The molecule has 0 spiro atoms. The third kappa shape index (κ3) is 1.87. The third-order valence-electron chi connectivity index (χ3n) is 4.30. The Labute approximate surface area is 107 Å². The van der Waals surface area contributed by atoms with Crippen LogP contribution < -0.4 is 0 Å². The fraction of sp³-hybridized carbons (Fsp3) is 0.692. The molecule has 2 aliphatic rings. The number of piperidine rings is 1. The first-order valence-corrected chi connectivity index (χ1v) is 6.48. The smallest absolute Gasteiger partial charge is 0.201 e. The van der Waals surface area contributed by atoms with E-state index >= 15 is 0 Å². The van der Waals surface area contributed by atoms with Crippen molar-refractivity contribution in [3.05, 3.63) is 18.2 Å². The second-order valence-corrected chi connectivity index (χ2v) is 5.40. The second-order valence-electron chi connectivity index (χ2n) is 5.40. The Balaban J connectivity index is 1.78. The van der Waals surface area contributed by atoms with E-state index in [1.807, 2.05) is 17.8 Å². The number of Topliss-reactive ketones (excluding diaryl/α,β-unsaturated/α-hetero) is 1. The summed E-state index contributed by atoms with van der Waals surface area (Å²) in [7, 11) is 4.01. The van der Waals surface area contributed by atoms with Crippen LogP contribution in [0.25, 0.3) is 0 Å². The lowest BCUT2D eigenvalue weighted by molar-refractivity contribution is -0.0703. The Morgan fingerprint density at radius 3 is 2.56 bits per heavy atom. The minimum Gasteiger partial charge on any atom is -0.378 e. The molecule has 1 aromatic heterocycles. The maximum atomic E-state index is 12.5. The predicted octanol–water partition coefficient (Wildman–Crippen LogP) is 0.712. The molecule has 1 aromatic rings. The first-order chi connectivity index (χ1) is 8.66. The summed E-state index contributed by atoms with van der Waals surface area (Å²) in [6, 6.07) is 0.762. The number of rotatable bonds is 2. The minimum absolute atomic E-state index is 0.0983. The number of imidazole rings is 1. The highest BCUT2D eigenvalue weighted by atomic mass is 16.5. The molecule has 0 N–H and O–H groups in total. The lowest BCUT2D eigenvalue weighted by Gasteiger charge is -2.46. The zero-order chi connectivity index (χ0) is 12.7. The lowest BCUT2D eigenvalue weighted by atomic mass is 9.82. The molecular formula is C13H19N3O2. The van der Waals surface area contributed by atoms with Crippen molar-refractivity contribution in [1.82, 2.24) is 14.5 Å². The zero-order valence-corrected chi connectivity index (χ0v) is 10.9. The fourth-order valence-electron chi connectivity index (χ4n) is 3.09. The number of hydrogen-bond donors (Lipinski definition) is 0. The van der Waals surface area contributed by atoms with E-state index in [1.54, 1.807) is 6.20 Å². The van der Waals surface area contributed by atoms with Crippen LogP contribution in [0.1, 0.15) is 23.5 Å². The first-order valence-electron chi connectivity index (χ1n) is 6.48. The molecule has 2 bridgehead atoms. The molecule has 0 saturated carbocycles. The highest BCUT2D eigenvalue weighted by Gasteiger charge is 2.40. The number of carbonyl (C=O) groups is 1. The highest BCUT2D eigenvalue weighted by molar-refractivity contribution is 5.94.